The lowest BCUT2D eigenvalue weighted by Gasteiger charge is -2.16. The third-order valence-corrected chi connectivity index (χ3v) is 4.74. The lowest BCUT2D eigenvalue weighted by atomic mass is 9.92. The Morgan fingerprint density at radius 1 is 0.667 bits per heavy atom. The molecule has 0 N–H and O–H groups in total. The van der Waals surface area contributed by atoms with Gasteiger partial charge in [0.2, 0.25) is 0 Å². The van der Waals surface area contributed by atoms with Crippen LogP contribution in [-0.2, 0) is 0 Å². The van der Waals surface area contributed by atoms with Gasteiger partial charge in [-0.2, -0.15) is 11.8 Å². The first-order chi connectivity index (χ1) is 8.85. The number of unbranched alkanes of at least 4 members (excludes halogenated alkanes) is 6. The fourth-order valence-electron chi connectivity index (χ4n) is 2.55. The summed E-state index contributed by atoms with van der Waals surface area (Å²) in [6, 6.07) is 0. The Hall–Kier alpha value is 0.350. The van der Waals surface area contributed by atoms with Crippen LogP contribution in [-0.4, -0.2) is 11.5 Å². The minimum Gasteiger partial charge on any atom is -0.162 e. The van der Waals surface area contributed by atoms with Crippen molar-refractivity contribution in [3.63, 3.8) is 0 Å². The highest BCUT2D eigenvalue weighted by molar-refractivity contribution is 7.99. The first kappa shape index (κ1) is 18.4. The van der Waals surface area contributed by atoms with Gasteiger partial charge in [0.25, 0.3) is 0 Å². The Balaban J connectivity index is 3.62. The molecule has 0 aliphatic carbocycles. The van der Waals surface area contributed by atoms with E-state index in [1.165, 1.54) is 82.1 Å². The van der Waals surface area contributed by atoms with Crippen LogP contribution in [0.1, 0.15) is 91.4 Å². The minimum absolute atomic E-state index is 1.03. The predicted octanol–water partition coefficient (Wildman–Crippen LogP) is 6.69. The van der Waals surface area contributed by atoms with Crippen molar-refractivity contribution >= 4 is 11.8 Å². The molecular weight excluding hydrogens is 236 g/mol. The van der Waals surface area contributed by atoms with E-state index in [9.17, 15) is 0 Å². The van der Waals surface area contributed by atoms with Crippen molar-refractivity contribution in [1.82, 2.24) is 0 Å². The number of rotatable bonds is 14. The molecule has 0 aromatic carbocycles. The Kier molecular flexibility index (Phi) is 15.7. The SMILES string of the molecule is CCCCCCC(CCCCCC)CCSCC. The molecule has 0 aromatic heterocycles. The first-order valence-corrected chi connectivity index (χ1v) is 9.58. The maximum atomic E-state index is 2.31. The minimum atomic E-state index is 1.03. The molecule has 110 valence electrons. The zero-order valence-corrected chi connectivity index (χ0v) is 14.0. The van der Waals surface area contributed by atoms with Crippen LogP contribution >= 0.6 is 11.8 Å². The Morgan fingerprint density at radius 3 is 1.67 bits per heavy atom. The lowest BCUT2D eigenvalue weighted by Crippen LogP contribution is -2.03. The van der Waals surface area contributed by atoms with E-state index in [1.807, 2.05) is 0 Å². The van der Waals surface area contributed by atoms with Crippen LogP contribution in [0.3, 0.4) is 0 Å². The van der Waals surface area contributed by atoms with Gasteiger partial charge in [0.1, 0.15) is 0 Å². The van der Waals surface area contributed by atoms with Crippen molar-refractivity contribution < 1.29 is 0 Å². The molecule has 0 aliphatic heterocycles. The van der Waals surface area contributed by atoms with Gasteiger partial charge in [-0.05, 0) is 23.8 Å². The molecule has 0 heterocycles. The van der Waals surface area contributed by atoms with Crippen LogP contribution in [0.15, 0.2) is 0 Å². The van der Waals surface area contributed by atoms with E-state index in [2.05, 4.69) is 32.5 Å². The summed E-state index contributed by atoms with van der Waals surface area (Å²) >= 11 is 2.12. The normalized spacial score (nSPS) is 11.3. The van der Waals surface area contributed by atoms with Gasteiger partial charge in [0, 0.05) is 0 Å². The highest BCUT2D eigenvalue weighted by Gasteiger charge is 2.08. The van der Waals surface area contributed by atoms with Crippen molar-refractivity contribution in [3.8, 4) is 0 Å². The van der Waals surface area contributed by atoms with Crippen LogP contribution < -0.4 is 0 Å². The molecule has 0 amide bonds. The monoisotopic (exact) mass is 272 g/mol. The molecule has 0 fully saturated rings. The van der Waals surface area contributed by atoms with Crippen molar-refractivity contribution in [3.05, 3.63) is 0 Å². The predicted molar refractivity (Wildman–Crippen MR) is 88.6 cm³/mol. The van der Waals surface area contributed by atoms with Gasteiger partial charge in [-0.1, -0.05) is 85.0 Å². The van der Waals surface area contributed by atoms with Crippen molar-refractivity contribution in [2.75, 3.05) is 11.5 Å². The third-order valence-electron chi connectivity index (χ3n) is 3.81. The van der Waals surface area contributed by atoms with Crippen molar-refractivity contribution in [1.29, 1.82) is 0 Å². The van der Waals surface area contributed by atoms with E-state index >= 15 is 0 Å². The van der Waals surface area contributed by atoms with Crippen LogP contribution in [0.5, 0.6) is 0 Å². The summed E-state index contributed by atoms with van der Waals surface area (Å²) in [6.07, 6.45) is 15.9. The Morgan fingerprint density at radius 2 is 1.22 bits per heavy atom. The van der Waals surface area contributed by atoms with Gasteiger partial charge < -0.3 is 0 Å². The molecule has 0 aromatic rings. The molecule has 0 aliphatic rings. The van der Waals surface area contributed by atoms with Gasteiger partial charge in [-0.3, -0.25) is 0 Å². The molecule has 0 nitrogen and oxygen atoms in total. The summed E-state index contributed by atoms with van der Waals surface area (Å²) in [5.74, 6) is 3.71. The summed E-state index contributed by atoms with van der Waals surface area (Å²) in [5.41, 5.74) is 0. The second-order valence-electron chi connectivity index (χ2n) is 5.55. The molecule has 0 saturated carbocycles. The van der Waals surface area contributed by atoms with E-state index < -0.39 is 0 Å². The fourth-order valence-corrected chi connectivity index (χ4v) is 3.34. The van der Waals surface area contributed by atoms with Crippen molar-refractivity contribution in [2.45, 2.75) is 91.4 Å². The third kappa shape index (κ3) is 12.8. The molecule has 0 rings (SSSR count). The van der Waals surface area contributed by atoms with Gasteiger partial charge in [0.05, 0.1) is 0 Å². The van der Waals surface area contributed by atoms with Crippen molar-refractivity contribution in [2.24, 2.45) is 5.92 Å². The second-order valence-corrected chi connectivity index (χ2v) is 6.94. The molecule has 0 bridgehead atoms. The van der Waals surface area contributed by atoms with Gasteiger partial charge >= 0.3 is 0 Å². The van der Waals surface area contributed by atoms with E-state index in [-0.39, 0.29) is 0 Å². The summed E-state index contributed by atoms with van der Waals surface area (Å²) in [4.78, 5) is 0. The van der Waals surface area contributed by atoms with Gasteiger partial charge in [0.15, 0.2) is 0 Å². The second kappa shape index (κ2) is 15.4. The Bertz CT molecular complexity index is 133. The quantitative estimate of drug-likeness (QED) is 0.318. The number of hydrogen-bond donors (Lipinski definition) is 0. The zero-order chi connectivity index (χ0) is 13.5. The van der Waals surface area contributed by atoms with Crippen LogP contribution in [0.2, 0.25) is 0 Å². The lowest BCUT2D eigenvalue weighted by molar-refractivity contribution is 0.398. The van der Waals surface area contributed by atoms with E-state index in [0.29, 0.717) is 0 Å². The fraction of sp³-hybridized carbons (Fsp3) is 1.00. The average Bonchev–Trinajstić information content (AvgIpc) is 2.39. The largest absolute Gasteiger partial charge is 0.162 e. The topological polar surface area (TPSA) is 0 Å². The number of hydrogen-bond acceptors (Lipinski definition) is 1. The van der Waals surface area contributed by atoms with E-state index in [1.54, 1.807) is 0 Å². The maximum Gasteiger partial charge on any atom is -0.00650 e. The summed E-state index contributed by atoms with van der Waals surface area (Å²) in [7, 11) is 0. The highest BCUT2D eigenvalue weighted by Crippen LogP contribution is 2.23. The highest BCUT2D eigenvalue weighted by atomic mass is 32.2. The molecule has 0 unspecified atom stereocenters. The molecular formula is C17H36S. The van der Waals surface area contributed by atoms with Gasteiger partial charge in [-0.15, -0.1) is 0 Å². The summed E-state index contributed by atoms with van der Waals surface area (Å²) in [5, 5.41) is 0. The molecule has 18 heavy (non-hydrogen) atoms. The molecule has 0 saturated heterocycles. The van der Waals surface area contributed by atoms with Crippen LogP contribution in [0.25, 0.3) is 0 Å². The number of thioether (sulfide) groups is 1. The molecule has 0 radical (unpaired) electrons. The molecule has 0 spiro atoms. The first-order valence-electron chi connectivity index (χ1n) is 8.42. The van der Waals surface area contributed by atoms with Crippen LogP contribution in [0, 0.1) is 5.92 Å². The maximum absolute atomic E-state index is 2.31. The Labute approximate surface area is 121 Å². The molecule has 1 heteroatoms. The summed E-state index contributed by atoms with van der Waals surface area (Å²) < 4.78 is 0. The zero-order valence-electron chi connectivity index (χ0n) is 13.2. The van der Waals surface area contributed by atoms with E-state index in [0.717, 1.165) is 5.92 Å². The standard InChI is InChI=1S/C17H36S/c1-4-7-9-11-13-17(15-16-18-6-3)14-12-10-8-5-2/h17H,4-16H2,1-3H3. The van der Waals surface area contributed by atoms with E-state index in [4.69, 9.17) is 0 Å². The van der Waals surface area contributed by atoms with Gasteiger partial charge in [-0.25, -0.2) is 0 Å². The smallest absolute Gasteiger partial charge is 0.00650 e. The molecule has 0 atom stereocenters. The van der Waals surface area contributed by atoms with Crippen LogP contribution in [0.4, 0.5) is 0 Å². The average molecular weight is 273 g/mol. The summed E-state index contributed by atoms with van der Waals surface area (Å²) in [6.45, 7) is 6.89.